The van der Waals surface area contributed by atoms with Crippen molar-refractivity contribution in [3.8, 4) is 0 Å². The Balaban J connectivity index is 2.27. The molecule has 2 rings (SSSR count). The van der Waals surface area contributed by atoms with Crippen molar-refractivity contribution in [1.29, 1.82) is 0 Å². The van der Waals surface area contributed by atoms with Gasteiger partial charge < -0.3 is 20.4 Å². The fourth-order valence-corrected chi connectivity index (χ4v) is 2.17. The van der Waals surface area contributed by atoms with E-state index in [4.69, 9.17) is 10.5 Å². The van der Waals surface area contributed by atoms with E-state index in [1.165, 1.54) is 7.11 Å². The Labute approximate surface area is 126 Å². The maximum absolute atomic E-state index is 13.4. The maximum atomic E-state index is 13.4. The number of aromatic nitrogens is 2. The van der Waals surface area contributed by atoms with Gasteiger partial charge >= 0.3 is 0 Å². The molecule has 0 saturated carbocycles. The molecule has 0 spiro atoms. The number of fused-ring (bicyclic) bond motifs is 1. The quantitative estimate of drug-likeness (QED) is 0.797. The minimum absolute atomic E-state index is 0.168. The van der Waals surface area contributed by atoms with Crippen molar-refractivity contribution in [2.75, 3.05) is 20.2 Å². The summed E-state index contributed by atoms with van der Waals surface area (Å²) in [7, 11) is 1.50. The van der Waals surface area contributed by atoms with Crippen LogP contribution in [-0.2, 0) is 22.7 Å². The van der Waals surface area contributed by atoms with Gasteiger partial charge in [0.15, 0.2) is 11.6 Å². The first-order valence-electron chi connectivity index (χ1n) is 6.86. The van der Waals surface area contributed by atoms with Crippen molar-refractivity contribution >= 4 is 16.9 Å². The lowest BCUT2D eigenvalue weighted by Crippen LogP contribution is -2.29. The van der Waals surface area contributed by atoms with Crippen molar-refractivity contribution < 1.29 is 18.3 Å². The lowest BCUT2D eigenvalue weighted by molar-refractivity contribution is -0.121. The summed E-state index contributed by atoms with van der Waals surface area (Å²) >= 11 is 0. The molecule has 0 bridgehead atoms. The molecule has 120 valence electrons. The molecule has 0 aliphatic heterocycles. The summed E-state index contributed by atoms with van der Waals surface area (Å²) in [5.74, 6) is -1.57. The largest absolute Gasteiger partial charge is 0.377 e. The summed E-state index contributed by atoms with van der Waals surface area (Å²) in [6.07, 6.45) is 0.182. The first-order chi connectivity index (χ1) is 10.6. The van der Waals surface area contributed by atoms with E-state index < -0.39 is 11.6 Å². The van der Waals surface area contributed by atoms with Gasteiger partial charge in [0.25, 0.3) is 0 Å². The number of aryl methyl sites for hydroxylation is 1. The zero-order valence-electron chi connectivity index (χ0n) is 12.2. The number of hydrogen-bond acceptors (Lipinski definition) is 4. The number of carbonyl (C=O) groups excluding carboxylic acids is 1. The standard InChI is InChI=1S/C14H18F2N4O2/c1-22-8-13-19-11-6-9(15)10(16)7-12(11)20(13)5-2-14(21)18-4-3-17/h6-7H,2-5,8,17H2,1H3,(H,18,21). The van der Waals surface area contributed by atoms with Crippen LogP contribution in [-0.4, -0.2) is 35.7 Å². The number of nitrogens with one attached hydrogen (secondary N) is 1. The van der Waals surface area contributed by atoms with E-state index in [-0.39, 0.29) is 25.5 Å². The van der Waals surface area contributed by atoms with Gasteiger partial charge in [-0.25, -0.2) is 13.8 Å². The number of imidazole rings is 1. The minimum Gasteiger partial charge on any atom is -0.377 e. The highest BCUT2D eigenvalue weighted by atomic mass is 19.2. The average Bonchev–Trinajstić information content (AvgIpc) is 2.80. The van der Waals surface area contributed by atoms with E-state index in [0.29, 0.717) is 29.9 Å². The SMILES string of the molecule is COCc1nc2cc(F)c(F)cc2n1CCC(=O)NCCN. The molecular formula is C14H18F2N4O2. The molecule has 1 aromatic heterocycles. The topological polar surface area (TPSA) is 82.2 Å². The van der Waals surface area contributed by atoms with E-state index in [9.17, 15) is 13.6 Å². The van der Waals surface area contributed by atoms with E-state index in [2.05, 4.69) is 10.3 Å². The Morgan fingerprint density at radius 1 is 1.41 bits per heavy atom. The van der Waals surface area contributed by atoms with Crippen LogP contribution in [0.2, 0.25) is 0 Å². The smallest absolute Gasteiger partial charge is 0.221 e. The molecule has 3 N–H and O–H groups in total. The molecule has 0 fully saturated rings. The predicted octanol–water partition coefficient (Wildman–Crippen LogP) is 0.926. The molecule has 0 radical (unpaired) electrons. The van der Waals surface area contributed by atoms with Crippen molar-refractivity contribution in [2.24, 2.45) is 5.73 Å². The number of amides is 1. The van der Waals surface area contributed by atoms with Gasteiger partial charge in [-0.2, -0.15) is 0 Å². The highest BCUT2D eigenvalue weighted by Crippen LogP contribution is 2.21. The van der Waals surface area contributed by atoms with Crippen LogP contribution in [0.15, 0.2) is 12.1 Å². The van der Waals surface area contributed by atoms with Crippen LogP contribution in [0.5, 0.6) is 0 Å². The van der Waals surface area contributed by atoms with Crippen molar-refractivity contribution in [1.82, 2.24) is 14.9 Å². The van der Waals surface area contributed by atoms with Crippen LogP contribution in [0.25, 0.3) is 11.0 Å². The third-order valence-electron chi connectivity index (χ3n) is 3.17. The van der Waals surface area contributed by atoms with E-state index in [1.807, 2.05) is 0 Å². The number of hydrogen-bond donors (Lipinski definition) is 2. The Morgan fingerprint density at radius 2 is 2.14 bits per heavy atom. The lowest BCUT2D eigenvalue weighted by Gasteiger charge is -2.09. The molecule has 0 aliphatic carbocycles. The molecular weight excluding hydrogens is 294 g/mol. The summed E-state index contributed by atoms with van der Waals surface area (Å²) in [6.45, 7) is 1.23. The Morgan fingerprint density at radius 3 is 2.82 bits per heavy atom. The number of methoxy groups -OCH3 is 1. The Bertz CT molecular complexity index is 672. The predicted molar refractivity (Wildman–Crippen MR) is 77.0 cm³/mol. The third kappa shape index (κ3) is 3.58. The molecule has 0 aliphatic rings. The van der Waals surface area contributed by atoms with E-state index in [1.54, 1.807) is 4.57 Å². The number of nitrogens with zero attached hydrogens (tertiary/aromatic N) is 2. The highest BCUT2D eigenvalue weighted by Gasteiger charge is 2.15. The van der Waals surface area contributed by atoms with Crippen LogP contribution in [0.1, 0.15) is 12.2 Å². The van der Waals surface area contributed by atoms with Gasteiger partial charge in [-0.15, -0.1) is 0 Å². The molecule has 0 unspecified atom stereocenters. The number of carbonyl (C=O) groups is 1. The van der Waals surface area contributed by atoms with E-state index in [0.717, 1.165) is 12.1 Å². The molecule has 6 nitrogen and oxygen atoms in total. The minimum atomic E-state index is -0.957. The second-order valence-corrected chi connectivity index (χ2v) is 4.76. The van der Waals surface area contributed by atoms with Crippen molar-refractivity contribution in [3.05, 3.63) is 29.6 Å². The molecule has 1 heterocycles. The summed E-state index contributed by atoms with van der Waals surface area (Å²) in [6, 6.07) is 2.11. The Kier molecular flexibility index (Phi) is 5.40. The van der Waals surface area contributed by atoms with Gasteiger partial charge in [0.1, 0.15) is 12.4 Å². The number of ether oxygens (including phenoxy) is 1. The first kappa shape index (κ1) is 16.3. The highest BCUT2D eigenvalue weighted by molar-refractivity contribution is 5.78. The molecule has 1 amide bonds. The number of halogens is 2. The lowest BCUT2D eigenvalue weighted by atomic mass is 10.3. The second-order valence-electron chi connectivity index (χ2n) is 4.76. The normalized spacial score (nSPS) is 11.1. The molecule has 0 saturated heterocycles. The van der Waals surface area contributed by atoms with E-state index >= 15 is 0 Å². The van der Waals surface area contributed by atoms with Crippen LogP contribution in [0, 0.1) is 11.6 Å². The fourth-order valence-electron chi connectivity index (χ4n) is 2.17. The van der Waals surface area contributed by atoms with Gasteiger partial charge in [-0.3, -0.25) is 4.79 Å². The molecule has 8 heteroatoms. The van der Waals surface area contributed by atoms with Crippen LogP contribution >= 0.6 is 0 Å². The van der Waals surface area contributed by atoms with Gasteiger partial charge in [-0.1, -0.05) is 0 Å². The van der Waals surface area contributed by atoms with Crippen molar-refractivity contribution in [2.45, 2.75) is 19.6 Å². The third-order valence-corrected chi connectivity index (χ3v) is 3.17. The molecule has 1 aromatic carbocycles. The monoisotopic (exact) mass is 312 g/mol. The first-order valence-corrected chi connectivity index (χ1v) is 6.86. The van der Waals surface area contributed by atoms with Crippen molar-refractivity contribution in [3.63, 3.8) is 0 Å². The number of rotatable bonds is 7. The zero-order valence-corrected chi connectivity index (χ0v) is 12.2. The molecule has 2 aromatic rings. The zero-order chi connectivity index (χ0) is 16.1. The molecule has 0 atom stereocenters. The molecule has 22 heavy (non-hydrogen) atoms. The summed E-state index contributed by atoms with van der Waals surface area (Å²) in [5, 5.41) is 2.65. The second kappa shape index (κ2) is 7.28. The number of nitrogens with two attached hydrogens (primary N) is 1. The van der Waals surface area contributed by atoms with Gasteiger partial charge in [0.2, 0.25) is 5.91 Å². The summed E-state index contributed by atoms with van der Waals surface area (Å²) < 4.78 is 33.4. The van der Waals surface area contributed by atoms with Gasteiger partial charge in [0.05, 0.1) is 11.0 Å². The summed E-state index contributed by atoms with van der Waals surface area (Å²) in [4.78, 5) is 15.9. The van der Waals surface area contributed by atoms with Crippen LogP contribution in [0.4, 0.5) is 8.78 Å². The van der Waals surface area contributed by atoms with Crippen LogP contribution < -0.4 is 11.1 Å². The van der Waals surface area contributed by atoms with Gasteiger partial charge in [-0.05, 0) is 0 Å². The number of benzene rings is 1. The van der Waals surface area contributed by atoms with Crippen LogP contribution in [0.3, 0.4) is 0 Å². The maximum Gasteiger partial charge on any atom is 0.221 e. The van der Waals surface area contributed by atoms with Gasteiger partial charge in [0, 0.05) is 45.3 Å². The Hall–Kier alpha value is -2.06. The average molecular weight is 312 g/mol. The fraction of sp³-hybridized carbons (Fsp3) is 0.429. The summed E-state index contributed by atoms with van der Waals surface area (Å²) in [5.41, 5.74) is 6.07.